The fourth-order valence-corrected chi connectivity index (χ4v) is 4.76. The highest BCUT2D eigenvalue weighted by atomic mass is 15.2. The van der Waals surface area contributed by atoms with Crippen molar-refractivity contribution < 1.29 is 0 Å². The largest absolute Gasteiger partial charge is 0.372 e. The first-order valence-electron chi connectivity index (χ1n) is 17.6. The van der Waals surface area contributed by atoms with Crippen LogP contribution in [0.25, 0.3) is 0 Å². The molecular formula is C39H69N5. The number of aliphatic imine (C=N–C) groups is 1. The predicted octanol–water partition coefficient (Wildman–Crippen LogP) is 10.7. The zero-order chi connectivity index (χ0) is 33.8. The molecule has 0 aliphatic carbocycles. The van der Waals surface area contributed by atoms with Crippen molar-refractivity contribution in [2.75, 3.05) is 26.2 Å². The second-order valence-electron chi connectivity index (χ2n) is 11.3. The van der Waals surface area contributed by atoms with Gasteiger partial charge in [-0.3, -0.25) is 9.98 Å². The van der Waals surface area contributed by atoms with Crippen LogP contribution >= 0.6 is 0 Å². The van der Waals surface area contributed by atoms with Crippen molar-refractivity contribution in [2.24, 2.45) is 16.8 Å². The molecule has 1 N–H and O–H groups in total. The average molecular weight is 608 g/mol. The number of nitriles is 1. The minimum atomic E-state index is 0.549. The summed E-state index contributed by atoms with van der Waals surface area (Å²) in [7, 11) is 0. The summed E-state index contributed by atoms with van der Waals surface area (Å²) in [5.74, 6) is 1.50. The number of piperazine rings is 1. The van der Waals surface area contributed by atoms with Gasteiger partial charge in [0.1, 0.15) is 0 Å². The first kappa shape index (κ1) is 43.4. The van der Waals surface area contributed by atoms with E-state index in [4.69, 9.17) is 10.3 Å². The Hall–Kier alpha value is -2.71. The van der Waals surface area contributed by atoms with E-state index in [1.807, 2.05) is 26.1 Å². The Morgan fingerprint density at radius 1 is 1.07 bits per heavy atom. The van der Waals surface area contributed by atoms with E-state index < -0.39 is 0 Å². The molecule has 250 valence electrons. The molecule has 5 heteroatoms. The molecule has 0 saturated carbocycles. The second kappa shape index (κ2) is 29.0. The van der Waals surface area contributed by atoms with E-state index in [2.05, 4.69) is 103 Å². The van der Waals surface area contributed by atoms with Crippen molar-refractivity contribution >= 4 is 5.71 Å². The fraction of sp³-hybridized carbons (Fsp3) is 0.667. The van der Waals surface area contributed by atoms with Crippen molar-refractivity contribution in [3.63, 3.8) is 0 Å². The third-order valence-electron chi connectivity index (χ3n) is 7.87. The Labute approximate surface area is 274 Å². The summed E-state index contributed by atoms with van der Waals surface area (Å²) in [6.07, 6.45) is 17.7. The van der Waals surface area contributed by atoms with Crippen molar-refractivity contribution in [1.29, 1.82) is 5.26 Å². The number of hydrogen-bond donors (Lipinski definition) is 1. The molecule has 1 aliphatic heterocycles. The van der Waals surface area contributed by atoms with Gasteiger partial charge in [-0.2, -0.15) is 5.26 Å². The van der Waals surface area contributed by atoms with Gasteiger partial charge in [-0.25, -0.2) is 0 Å². The smallest absolute Gasteiger partial charge is 0.0992 e. The zero-order valence-corrected chi connectivity index (χ0v) is 30.9. The standard InChI is InChI=1S/C20H35N3.C9H10N2.C8H18.C2H6/c1-7-10-11-22-17(5)20(19(9-3)16(4)8-2)18(6)23-14-12-21-13-15-23;1-2-3-9-6-8(7-10)4-5-11-9;1-4-6-7-8(3)5-2;1-2/h9-11,16,21H,7-8,12-15H2,1-6H3;4-6H,2-3H2,1H3;8H,4-7H2,1-3H3;1-2H3/b11-10+,19-9-,20-18-,22-17+;;;. The number of unbranched alkanes of at least 4 members (excludes halogenated alkanes) is 1. The van der Waals surface area contributed by atoms with Gasteiger partial charge in [-0.15, -0.1) is 0 Å². The Morgan fingerprint density at radius 3 is 2.23 bits per heavy atom. The van der Waals surface area contributed by atoms with E-state index >= 15 is 0 Å². The lowest BCUT2D eigenvalue weighted by molar-refractivity contribution is 0.298. The lowest BCUT2D eigenvalue weighted by Crippen LogP contribution is -2.43. The van der Waals surface area contributed by atoms with Crippen LogP contribution in [0.3, 0.4) is 0 Å². The summed E-state index contributed by atoms with van der Waals surface area (Å²) < 4.78 is 0. The van der Waals surface area contributed by atoms with Gasteiger partial charge in [0, 0.05) is 61.3 Å². The van der Waals surface area contributed by atoms with Crippen molar-refractivity contribution in [2.45, 2.75) is 134 Å². The number of aromatic nitrogens is 1. The molecule has 44 heavy (non-hydrogen) atoms. The lowest BCUT2D eigenvalue weighted by atomic mass is 9.87. The highest BCUT2D eigenvalue weighted by Crippen LogP contribution is 2.28. The minimum absolute atomic E-state index is 0.549. The maximum absolute atomic E-state index is 8.55. The first-order chi connectivity index (χ1) is 21.2. The molecule has 0 aromatic carbocycles. The first-order valence-corrected chi connectivity index (χ1v) is 17.6. The number of aryl methyl sites for hydroxylation is 1. The molecule has 0 amide bonds. The Balaban J connectivity index is 0. The molecule has 0 spiro atoms. The fourth-order valence-electron chi connectivity index (χ4n) is 4.76. The SMILES string of the molecule is CC.CCCCC(C)CC.CCCc1cc(C#N)ccn1.C\C=C(C(/C(C)=N/C=C/CC)=C(/C)N1CCNCC1)\C(C)CC. The highest BCUT2D eigenvalue weighted by molar-refractivity contribution is 6.03. The molecule has 2 atom stereocenters. The topological polar surface area (TPSA) is 64.3 Å². The van der Waals surface area contributed by atoms with Gasteiger partial charge in [-0.1, -0.05) is 107 Å². The monoisotopic (exact) mass is 608 g/mol. The van der Waals surface area contributed by atoms with Crippen LogP contribution in [0.2, 0.25) is 0 Å². The van der Waals surface area contributed by atoms with Crippen molar-refractivity contribution in [3.05, 3.63) is 64.8 Å². The molecular weight excluding hydrogens is 538 g/mol. The third kappa shape index (κ3) is 18.8. The van der Waals surface area contributed by atoms with E-state index in [0.29, 0.717) is 11.5 Å². The second-order valence-corrected chi connectivity index (χ2v) is 11.3. The summed E-state index contributed by atoms with van der Waals surface area (Å²) in [4.78, 5) is 11.3. The van der Waals surface area contributed by atoms with E-state index in [0.717, 1.165) is 69.2 Å². The van der Waals surface area contributed by atoms with E-state index in [9.17, 15) is 0 Å². The van der Waals surface area contributed by atoms with Gasteiger partial charge in [0.2, 0.25) is 0 Å². The molecule has 2 heterocycles. The van der Waals surface area contributed by atoms with Crippen LogP contribution in [-0.2, 0) is 6.42 Å². The van der Waals surface area contributed by atoms with E-state index in [1.165, 1.54) is 42.5 Å². The Morgan fingerprint density at radius 2 is 1.73 bits per heavy atom. The summed E-state index contributed by atoms with van der Waals surface area (Å²) >= 11 is 0. The number of allylic oxidation sites excluding steroid dienone is 5. The van der Waals surface area contributed by atoms with Crippen LogP contribution in [0.5, 0.6) is 0 Å². The van der Waals surface area contributed by atoms with Crippen LogP contribution < -0.4 is 5.32 Å². The molecule has 2 unspecified atom stereocenters. The molecule has 0 bridgehead atoms. The summed E-state index contributed by atoms with van der Waals surface area (Å²) in [5, 5.41) is 12.0. The molecule has 2 rings (SSSR count). The van der Waals surface area contributed by atoms with Crippen LogP contribution in [0.1, 0.15) is 139 Å². The Bertz CT molecular complexity index is 1010. The molecule has 1 aromatic heterocycles. The normalized spacial score (nSPS) is 15.4. The number of pyridine rings is 1. The van der Waals surface area contributed by atoms with Crippen LogP contribution in [0.15, 0.2) is 58.5 Å². The number of nitrogens with zero attached hydrogens (tertiary/aromatic N) is 4. The van der Waals surface area contributed by atoms with Crippen LogP contribution in [-0.4, -0.2) is 41.8 Å². The highest BCUT2D eigenvalue weighted by Gasteiger charge is 2.20. The van der Waals surface area contributed by atoms with E-state index in [1.54, 1.807) is 12.3 Å². The predicted molar refractivity (Wildman–Crippen MR) is 196 cm³/mol. The van der Waals surface area contributed by atoms with Gasteiger partial charge >= 0.3 is 0 Å². The van der Waals surface area contributed by atoms with Gasteiger partial charge in [-0.05, 0) is 69.6 Å². The molecule has 1 fully saturated rings. The quantitative estimate of drug-likeness (QED) is 0.179. The molecule has 1 saturated heterocycles. The molecule has 1 aromatic rings. The molecule has 5 nitrogen and oxygen atoms in total. The third-order valence-corrected chi connectivity index (χ3v) is 7.87. The maximum atomic E-state index is 8.55. The van der Waals surface area contributed by atoms with Crippen LogP contribution in [0.4, 0.5) is 0 Å². The maximum Gasteiger partial charge on any atom is 0.0992 e. The Kier molecular flexibility index (Phi) is 28.6. The number of hydrogen-bond acceptors (Lipinski definition) is 5. The summed E-state index contributed by atoms with van der Waals surface area (Å²) in [5.41, 5.74) is 6.96. The molecule has 1 aliphatic rings. The van der Waals surface area contributed by atoms with Crippen molar-refractivity contribution in [3.8, 4) is 6.07 Å². The zero-order valence-electron chi connectivity index (χ0n) is 30.9. The van der Waals surface area contributed by atoms with E-state index in [-0.39, 0.29) is 0 Å². The summed E-state index contributed by atoms with van der Waals surface area (Å²) in [6, 6.07) is 5.64. The molecule has 0 radical (unpaired) electrons. The van der Waals surface area contributed by atoms with Crippen LogP contribution in [0, 0.1) is 23.2 Å². The summed E-state index contributed by atoms with van der Waals surface area (Å²) in [6.45, 7) is 30.5. The lowest BCUT2D eigenvalue weighted by Gasteiger charge is -2.33. The number of rotatable bonds is 13. The average Bonchev–Trinajstić information content (AvgIpc) is 3.07. The van der Waals surface area contributed by atoms with Gasteiger partial charge in [0.05, 0.1) is 11.6 Å². The van der Waals surface area contributed by atoms with Gasteiger partial charge < -0.3 is 10.2 Å². The van der Waals surface area contributed by atoms with Gasteiger partial charge in [0.25, 0.3) is 0 Å². The van der Waals surface area contributed by atoms with Gasteiger partial charge in [0.15, 0.2) is 0 Å². The minimum Gasteiger partial charge on any atom is -0.372 e. The van der Waals surface area contributed by atoms with Crippen molar-refractivity contribution in [1.82, 2.24) is 15.2 Å². The number of nitrogens with one attached hydrogen (secondary N) is 1.